The van der Waals surface area contributed by atoms with Crippen LogP contribution in [0.15, 0.2) is 52.7 Å². The van der Waals surface area contributed by atoms with Crippen LogP contribution in [-0.4, -0.2) is 16.6 Å². The maximum absolute atomic E-state index is 12.1. The molecule has 0 aliphatic rings. The van der Waals surface area contributed by atoms with Crippen LogP contribution in [-0.2, 0) is 4.79 Å². The van der Waals surface area contributed by atoms with Crippen molar-refractivity contribution in [3.05, 3.63) is 64.0 Å². The summed E-state index contributed by atoms with van der Waals surface area (Å²) < 4.78 is 0. The number of nitrogens with one attached hydrogen (secondary N) is 1. The lowest BCUT2D eigenvalue weighted by molar-refractivity contribution is -0.115. The molecule has 0 fully saturated rings. The molecular formula is C20H19ClN2OS2. The van der Waals surface area contributed by atoms with Gasteiger partial charge in [-0.1, -0.05) is 29.3 Å². The fourth-order valence-corrected chi connectivity index (χ4v) is 4.15. The summed E-state index contributed by atoms with van der Waals surface area (Å²) in [6, 6.07) is 13.9. The molecule has 3 nitrogen and oxygen atoms in total. The van der Waals surface area contributed by atoms with E-state index in [4.69, 9.17) is 11.6 Å². The largest absolute Gasteiger partial charge is 0.302 e. The van der Waals surface area contributed by atoms with E-state index in [1.807, 2.05) is 29.6 Å². The first-order valence-corrected chi connectivity index (χ1v) is 10.5. The van der Waals surface area contributed by atoms with Crippen molar-refractivity contribution in [3.63, 3.8) is 0 Å². The molecule has 0 radical (unpaired) electrons. The molecule has 6 heteroatoms. The molecule has 1 aromatic heterocycles. The average molecular weight is 403 g/mol. The average Bonchev–Trinajstić information content (AvgIpc) is 3.07. The summed E-state index contributed by atoms with van der Waals surface area (Å²) in [5.41, 5.74) is 4.39. The van der Waals surface area contributed by atoms with Crippen molar-refractivity contribution in [2.45, 2.75) is 25.2 Å². The van der Waals surface area contributed by atoms with Gasteiger partial charge in [0, 0.05) is 33.0 Å². The van der Waals surface area contributed by atoms with Crippen molar-refractivity contribution < 1.29 is 4.79 Å². The molecule has 2 aromatic carbocycles. The predicted octanol–water partition coefficient (Wildman–Crippen LogP) is 6.20. The van der Waals surface area contributed by atoms with Crippen molar-refractivity contribution in [1.29, 1.82) is 0 Å². The Bertz CT molecular complexity index is 906. The van der Waals surface area contributed by atoms with Crippen LogP contribution in [0.5, 0.6) is 0 Å². The summed E-state index contributed by atoms with van der Waals surface area (Å²) in [4.78, 5) is 17.8. The first kappa shape index (κ1) is 19.0. The number of hydrogen-bond acceptors (Lipinski definition) is 4. The van der Waals surface area contributed by atoms with Crippen molar-refractivity contribution in [3.8, 4) is 11.3 Å². The minimum Gasteiger partial charge on any atom is -0.302 e. The molecule has 26 heavy (non-hydrogen) atoms. The highest BCUT2D eigenvalue weighted by atomic mass is 35.5. The maximum atomic E-state index is 12.1. The van der Waals surface area contributed by atoms with Gasteiger partial charge in [0.2, 0.25) is 5.91 Å². The van der Waals surface area contributed by atoms with Crippen LogP contribution >= 0.6 is 34.7 Å². The zero-order chi connectivity index (χ0) is 18.5. The number of hydrogen-bond donors (Lipinski definition) is 1. The first-order chi connectivity index (χ1) is 12.5. The minimum atomic E-state index is -0.0201. The molecule has 1 N–H and O–H groups in total. The van der Waals surface area contributed by atoms with Gasteiger partial charge in [-0.05, 0) is 49.7 Å². The lowest BCUT2D eigenvalue weighted by Crippen LogP contribution is -2.11. The van der Waals surface area contributed by atoms with Gasteiger partial charge in [0.05, 0.1) is 5.69 Å². The Morgan fingerprint density at radius 1 is 1.19 bits per heavy atom. The molecule has 0 saturated heterocycles. The number of thiazole rings is 1. The van der Waals surface area contributed by atoms with E-state index in [2.05, 4.69) is 42.3 Å². The minimum absolute atomic E-state index is 0.0201. The first-order valence-electron chi connectivity index (χ1n) is 8.22. The number of carbonyl (C=O) groups is 1. The maximum Gasteiger partial charge on any atom is 0.226 e. The van der Waals surface area contributed by atoms with E-state index in [9.17, 15) is 4.79 Å². The molecule has 0 unspecified atom stereocenters. The van der Waals surface area contributed by atoms with Crippen molar-refractivity contribution in [2.24, 2.45) is 0 Å². The summed E-state index contributed by atoms with van der Waals surface area (Å²) >= 11 is 8.96. The fourth-order valence-electron chi connectivity index (χ4n) is 2.44. The third kappa shape index (κ3) is 5.10. The number of anilines is 1. The highest BCUT2D eigenvalue weighted by Crippen LogP contribution is 2.28. The highest BCUT2D eigenvalue weighted by Gasteiger charge is 2.10. The van der Waals surface area contributed by atoms with Crippen LogP contribution < -0.4 is 5.32 Å². The van der Waals surface area contributed by atoms with E-state index in [1.54, 1.807) is 11.8 Å². The Morgan fingerprint density at radius 2 is 1.96 bits per heavy atom. The van der Waals surface area contributed by atoms with E-state index < -0.39 is 0 Å². The van der Waals surface area contributed by atoms with Gasteiger partial charge < -0.3 is 5.32 Å². The summed E-state index contributed by atoms with van der Waals surface area (Å²) in [5, 5.41) is 6.24. The van der Waals surface area contributed by atoms with Gasteiger partial charge >= 0.3 is 0 Å². The molecule has 0 aliphatic carbocycles. The molecule has 134 valence electrons. The Hall–Kier alpha value is -1.82. The quantitative estimate of drug-likeness (QED) is 0.499. The van der Waals surface area contributed by atoms with Crippen LogP contribution in [0.2, 0.25) is 5.02 Å². The number of halogens is 1. The normalized spacial score (nSPS) is 10.7. The molecule has 0 spiro atoms. The summed E-state index contributed by atoms with van der Waals surface area (Å²) in [6.45, 7) is 4.14. The fraction of sp³-hybridized carbons (Fsp3) is 0.200. The van der Waals surface area contributed by atoms with Crippen molar-refractivity contribution in [1.82, 2.24) is 4.98 Å². The second-order valence-corrected chi connectivity index (χ2v) is 8.42. The van der Waals surface area contributed by atoms with Gasteiger partial charge in [0.25, 0.3) is 0 Å². The highest BCUT2D eigenvalue weighted by molar-refractivity contribution is 7.99. The third-order valence-corrected chi connectivity index (χ3v) is 5.85. The van der Waals surface area contributed by atoms with E-state index in [1.165, 1.54) is 22.5 Å². The second kappa shape index (κ2) is 8.71. The molecule has 0 bridgehead atoms. The van der Waals surface area contributed by atoms with Crippen LogP contribution in [0, 0.1) is 13.8 Å². The number of benzene rings is 2. The lowest BCUT2D eigenvalue weighted by Gasteiger charge is -2.04. The Morgan fingerprint density at radius 3 is 2.73 bits per heavy atom. The molecule has 1 amide bonds. The third-order valence-electron chi connectivity index (χ3n) is 3.83. The summed E-state index contributed by atoms with van der Waals surface area (Å²) in [6.07, 6.45) is 0.436. The van der Waals surface area contributed by atoms with Gasteiger partial charge in [-0.15, -0.1) is 23.1 Å². The van der Waals surface area contributed by atoms with Gasteiger partial charge in [-0.3, -0.25) is 4.79 Å². The zero-order valence-corrected chi connectivity index (χ0v) is 17.0. The van der Waals surface area contributed by atoms with Crippen LogP contribution in [0.25, 0.3) is 11.3 Å². The van der Waals surface area contributed by atoms with Gasteiger partial charge in [0.15, 0.2) is 5.13 Å². The second-order valence-electron chi connectivity index (χ2n) is 5.96. The molecular weight excluding hydrogens is 384 g/mol. The standard InChI is InChI=1S/C20H19ClN2OS2/c1-13-3-4-14(2)17(11-13)18-12-26-20(22-18)23-19(24)9-10-25-16-7-5-15(21)6-8-16/h3-8,11-12H,9-10H2,1-2H3,(H,22,23,24). The number of carbonyl (C=O) groups excluding carboxylic acids is 1. The van der Waals surface area contributed by atoms with Crippen molar-refractivity contribution in [2.75, 3.05) is 11.1 Å². The van der Waals surface area contributed by atoms with Crippen molar-refractivity contribution >= 4 is 45.7 Å². The van der Waals surface area contributed by atoms with Gasteiger partial charge in [0.1, 0.15) is 0 Å². The molecule has 0 aliphatic heterocycles. The smallest absolute Gasteiger partial charge is 0.226 e. The van der Waals surface area contributed by atoms with Gasteiger partial charge in [-0.2, -0.15) is 0 Å². The van der Waals surface area contributed by atoms with E-state index in [-0.39, 0.29) is 5.91 Å². The van der Waals surface area contributed by atoms with E-state index in [0.29, 0.717) is 17.3 Å². The number of aromatic nitrogens is 1. The Kier molecular flexibility index (Phi) is 6.35. The van der Waals surface area contributed by atoms with Gasteiger partial charge in [-0.25, -0.2) is 4.98 Å². The number of amides is 1. The molecule has 3 rings (SSSR count). The number of nitrogens with zero attached hydrogens (tertiary/aromatic N) is 1. The van der Waals surface area contributed by atoms with E-state index in [0.717, 1.165) is 21.2 Å². The van der Waals surface area contributed by atoms with E-state index >= 15 is 0 Å². The SMILES string of the molecule is Cc1ccc(C)c(-c2csc(NC(=O)CCSc3ccc(Cl)cc3)n2)c1. The molecule has 0 saturated carbocycles. The van der Waals surface area contributed by atoms with Crippen LogP contribution in [0.3, 0.4) is 0 Å². The number of thioether (sulfide) groups is 1. The molecule has 0 atom stereocenters. The zero-order valence-electron chi connectivity index (χ0n) is 14.6. The molecule has 3 aromatic rings. The van der Waals surface area contributed by atoms with Crippen LogP contribution in [0.4, 0.5) is 5.13 Å². The predicted molar refractivity (Wildman–Crippen MR) is 112 cm³/mol. The summed E-state index contributed by atoms with van der Waals surface area (Å²) in [5.74, 6) is 0.691. The Balaban J connectivity index is 1.54. The van der Waals surface area contributed by atoms with Crippen LogP contribution in [0.1, 0.15) is 17.5 Å². The lowest BCUT2D eigenvalue weighted by atomic mass is 10.0. The summed E-state index contributed by atoms with van der Waals surface area (Å²) in [7, 11) is 0. The Labute approximate surface area is 166 Å². The monoisotopic (exact) mass is 402 g/mol. The number of rotatable bonds is 6. The topological polar surface area (TPSA) is 42.0 Å². The molecule has 1 heterocycles. The number of aryl methyl sites for hydroxylation is 2.